The fourth-order valence-electron chi connectivity index (χ4n) is 9.87. The van der Waals surface area contributed by atoms with Gasteiger partial charge >= 0.3 is 0 Å². The molecule has 4 bridgehead atoms. The number of phenols is 1. The van der Waals surface area contributed by atoms with Crippen molar-refractivity contribution in [3.63, 3.8) is 0 Å². The molecule has 0 radical (unpaired) electrons. The Bertz CT molecular complexity index is 1290. The monoisotopic (exact) mass is 491 g/mol. The fourth-order valence-corrected chi connectivity index (χ4v) is 9.87. The highest BCUT2D eigenvalue weighted by Gasteiger charge is 2.86. The Balaban J connectivity index is 1.34. The number of hydrogen-bond donors (Lipinski definition) is 2. The van der Waals surface area contributed by atoms with Crippen LogP contribution < -0.4 is 4.74 Å². The topological polar surface area (TPSA) is 62.2 Å². The van der Waals surface area contributed by atoms with Gasteiger partial charge in [-0.1, -0.05) is 18.2 Å². The highest BCUT2D eigenvalue weighted by Crippen LogP contribution is 2.81. The van der Waals surface area contributed by atoms with Crippen molar-refractivity contribution in [2.24, 2.45) is 17.3 Å². The second-order valence-corrected chi connectivity index (χ2v) is 12.7. The zero-order valence-electron chi connectivity index (χ0n) is 21.0. The molecule has 6 heteroatoms. The van der Waals surface area contributed by atoms with E-state index in [1.54, 1.807) is 19.2 Å². The third-order valence-electron chi connectivity index (χ3n) is 11.4. The van der Waals surface area contributed by atoms with E-state index in [0.717, 1.165) is 44.7 Å². The number of benzene rings is 2. The lowest BCUT2D eigenvalue weighted by Gasteiger charge is -2.63. The second kappa shape index (κ2) is 6.64. The first-order valence-corrected chi connectivity index (χ1v) is 13.6. The Labute approximate surface area is 211 Å². The van der Waals surface area contributed by atoms with E-state index in [9.17, 15) is 14.6 Å². The third kappa shape index (κ3) is 2.30. The lowest BCUT2D eigenvalue weighted by Crippen LogP contribution is -2.70. The molecule has 4 fully saturated rings. The van der Waals surface area contributed by atoms with E-state index in [4.69, 9.17) is 9.47 Å². The molecule has 2 aliphatic heterocycles. The summed E-state index contributed by atoms with van der Waals surface area (Å²) in [7, 11) is 1.75. The van der Waals surface area contributed by atoms with Crippen molar-refractivity contribution in [3.05, 3.63) is 58.9 Å². The molecule has 3 saturated carbocycles. The Morgan fingerprint density at radius 1 is 1.25 bits per heavy atom. The van der Waals surface area contributed by atoms with Gasteiger partial charge in [0, 0.05) is 42.0 Å². The van der Waals surface area contributed by atoms with Crippen LogP contribution in [0.15, 0.2) is 36.4 Å². The Morgan fingerprint density at radius 2 is 2.08 bits per heavy atom. The van der Waals surface area contributed by atoms with Gasteiger partial charge in [-0.15, -0.1) is 0 Å². The predicted octanol–water partition coefficient (Wildman–Crippen LogP) is 4.27. The molecule has 36 heavy (non-hydrogen) atoms. The molecule has 0 unspecified atom stereocenters. The van der Waals surface area contributed by atoms with Crippen molar-refractivity contribution in [2.45, 2.75) is 74.2 Å². The Morgan fingerprint density at radius 3 is 2.83 bits per heavy atom. The molecule has 7 atom stereocenters. The average molecular weight is 492 g/mol. The SMILES string of the molecule is CO[C@]12C[C@@]3(C[C@@H]1[C@](C)(O)c1cccc(F)c1)[C@H]1Cc4ccc(O)c5c4[C@@]3(CCN1CC1CC1)[C@H]2O5. The minimum Gasteiger partial charge on any atom is -0.504 e. The Kier molecular flexibility index (Phi) is 4.04. The van der Waals surface area contributed by atoms with Crippen LogP contribution in [-0.2, 0) is 22.2 Å². The van der Waals surface area contributed by atoms with E-state index in [2.05, 4.69) is 11.0 Å². The van der Waals surface area contributed by atoms with Gasteiger partial charge in [-0.25, -0.2) is 4.39 Å². The van der Waals surface area contributed by atoms with Crippen LogP contribution in [0.1, 0.15) is 55.7 Å². The van der Waals surface area contributed by atoms with Crippen molar-refractivity contribution in [2.75, 3.05) is 20.2 Å². The average Bonchev–Trinajstić information content (AvgIpc) is 3.41. The molecule has 5 nitrogen and oxygen atoms in total. The lowest BCUT2D eigenvalue weighted by molar-refractivity contribution is -0.191. The highest BCUT2D eigenvalue weighted by atomic mass is 19.1. The van der Waals surface area contributed by atoms with Gasteiger partial charge in [-0.3, -0.25) is 4.90 Å². The molecule has 0 aromatic heterocycles. The molecule has 6 aliphatic rings. The summed E-state index contributed by atoms with van der Waals surface area (Å²) in [4.78, 5) is 2.73. The van der Waals surface area contributed by atoms with Gasteiger partial charge in [-0.2, -0.15) is 0 Å². The van der Waals surface area contributed by atoms with Gasteiger partial charge in [0.2, 0.25) is 0 Å². The van der Waals surface area contributed by atoms with Gasteiger partial charge in [0.1, 0.15) is 17.5 Å². The van der Waals surface area contributed by atoms with Crippen LogP contribution in [0.4, 0.5) is 4.39 Å². The molecular weight excluding hydrogens is 457 g/mol. The smallest absolute Gasteiger partial charge is 0.165 e. The molecule has 2 aromatic rings. The van der Waals surface area contributed by atoms with Crippen molar-refractivity contribution in [1.82, 2.24) is 4.90 Å². The highest BCUT2D eigenvalue weighted by molar-refractivity contribution is 5.64. The van der Waals surface area contributed by atoms with Crippen LogP contribution in [0.25, 0.3) is 0 Å². The summed E-state index contributed by atoms with van der Waals surface area (Å²) in [6.07, 6.45) is 5.87. The number of rotatable bonds is 5. The molecule has 2 spiro atoms. The molecule has 2 N–H and O–H groups in total. The second-order valence-electron chi connectivity index (χ2n) is 12.7. The zero-order valence-corrected chi connectivity index (χ0v) is 21.0. The van der Waals surface area contributed by atoms with Crippen molar-refractivity contribution in [3.8, 4) is 11.5 Å². The van der Waals surface area contributed by atoms with Crippen LogP contribution in [0.2, 0.25) is 0 Å². The number of piperidine rings is 1. The summed E-state index contributed by atoms with van der Waals surface area (Å²) >= 11 is 0. The molecule has 2 aromatic carbocycles. The molecule has 2 heterocycles. The molecule has 1 saturated heterocycles. The summed E-state index contributed by atoms with van der Waals surface area (Å²) in [6.45, 7) is 3.99. The first-order valence-electron chi connectivity index (χ1n) is 13.6. The quantitative estimate of drug-likeness (QED) is 0.654. The van der Waals surface area contributed by atoms with Gasteiger partial charge < -0.3 is 19.7 Å². The van der Waals surface area contributed by atoms with E-state index in [1.807, 2.05) is 13.0 Å². The first kappa shape index (κ1) is 21.9. The van der Waals surface area contributed by atoms with Crippen molar-refractivity contribution < 1.29 is 24.1 Å². The number of fused-ring (bicyclic) bond motifs is 2. The van der Waals surface area contributed by atoms with Gasteiger partial charge in [0.05, 0.1) is 5.60 Å². The van der Waals surface area contributed by atoms with Gasteiger partial charge in [0.15, 0.2) is 11.5 Å². The van der Waals surface area contributed by atoms with Crippen LogP contribution in [0.3, 0.4) is 0 Å². The van der Waals surface area contributed by atoms with E-state index < -0.39 is 11.2 Å². The van der Waals surface area contributed by atoms with Crippen molar-refractivity contribution in [1.29, 1.82) is 0 Å². The summed E-state index contributed by atoms with van der Waals surface area (Å²) in [6, 6.07) is 10.6. The van der Waals surface area contributed by atoms with Crippen LogP contribution in [-0.4, -0.2) is 53.1 Å². The van der Waals surface area contributed by atoms with E-state index in [0.29, 0.717) is 17.4 Å². The van der Waals surface area contributed by atoms with E-state index in [-0.39, 0.29) is 34.4 Å². The third-order valence-corrected chi connectivity index (χ3v) is 11.4. The fraction of sp³-hybridized carbons (Fsp3) is 0.600. The van der Waals surface area contributed by atoms with Crippen LogP contribution in [0.5, 0.6) is 11.5 Å². The van der Waals surface area contributed by atoms with Gasteiger partial charge in [-0.05, 0) is 87.2 Å². The molecule has 190 valence electrons. The summed E-state index contributed by atoms with van der Waals surface area (Å²) < 4.78 is 27.6. The maximum Gasteiger partial charge on any atom is 0.165 e. The number of methoxy groups -OCH3 is 1. The standard InChI is InChI=1S/C30H34FNO4/c1-27(34,19-4-3-5-20(31)13-19)22-14-28-16-30(22,35-2)26-29(28)10-11-32(15-17-6-7-17)23(28)12-18-8-9-21(33)25(36-26)24(18)29/h3-5,8-9,13,17,22-23,26,33-34H,6-7,10-12,14-16H2,1-2H3/t22-,23-,26-,27-,28+,29+,30-/m1/s1. The summed E-state index contributed by atoms with van der Waals surface area (Å²) in [5.74, 6) is 1.01. The number of aliphatic hydroxyl groups is 1. The lowest BCUT2D eigenvalue weighted by atomic mass is 9.46. The minimum absolute atomic E-state index is 0.130. The maximum absolute atomic E-state index is 14.3. The number of likely N-dealkylation sites (tertiary alicyclic amines) is 1. The number of ether oxygens (including phenoxy) is 2. The summed E-state index contributed by atoms with van der Waals surface area (Å²) in [5.41, 5.74) is 0.692. The first-order chi connectivity index (χ1) is 17.3. The largest absolute Gasteiger partial charge is 0.504 e. The van der Waals surface area contributed by atoms with Crippen LogP contribution >= 0.6 is 0 Å². The molecule has 8 rings (SSSR count). The number of nitrogens with zero attached hydrogens (tertiary/aromatic N) is 1. The number of hydrogen-bond acceptors (Lipinski definition) is 5. The summed E-state index contributed by atoms with van der Waals surface area (Å²) in [5, 5.41) is 23.1. The zero-order chi connectivity index (χ0) is 24.7. The van der Waals surface area contributed by atoms with E-state index in [1.165, 1.54) is 36.1 Å². The van der Waals surface area contributed by atoms with Crippen molar-refractivity contribution >= 4 is 0 Å². The molecule has 4 aliphatic carbocycles. The Hall–Kier alpha value is -2.15. The molecule has 0 amide bonds. The molecular formula is C30H34FNO4. The normalized spacial score (nSPS) is 41.2. The predicted molar refractivity (Wildman–Crippen MR) is 131 cm³/mol. The number of halogens is 1. The van der Waals surface area contributed by atoms with E-state index >= 15 is 0 Å². The minimum atomic E-state index is -1.29. The maximum atomic E-state index is 14.3. The number of phenolic OH excluding ortho intramolecular Hbond substituents is 1. The van der Waals surface area contributed by atoms with Crippen LogP contribution in [0, 0.1) is 23.1 Å². The van der Waals surface area contributed by atoms with Gasteiger partial charge in [0.25, 0.3) is 0 Å². The number of aromatic hydroxyl groups is 1.